The molecule has 5 fully saturated rings. The van der Waals surface area contributed by atoms with Crippen LogP contribution in [0.15, 0.2) is 78.9 Å². The summed E-state index contributed by atoms with van der Waals surface area (Å²) in [7, 11) is -5.66. The lowest BCUT2D eigenvalue weighted by molar-refractivity contribution is -0.218. The average molecular weight is 1130 g/mol. The molecular weight excluding hydrogens is 1030 g/mol. The van der Waals surface area contributed by atoms with Crippen LogP contribution < -0.4 is 4.74 Å². The van der Waals surface area contributed by atoms with Crippen molar-refractivity contribution in [1.82, 2.24) is 0 Å². The van der Waals surface area contributed by atoms with E-state index >= 15 is 0 Å². The molecule has 0 radical (unpaired) electrons. The number of aromatic hydroxyl groups is 1. The summed E-state index contributed by atoms with van der Waals surface area (Å²) in [5, 5.41) is 3.98. The van der Waals surface area contributed by atoms with Crippen LogP contribution in [-0.2, 0) is 40.1 Å². The molecular formula is C64H96F2O10S2. The van der Waals surface area contributed by atoms with Gasteiger partial charge in [-0.3, -0.25) is 9.59 Å². The van der Waals surface area contributed by atoms with E-state index in [9.17, 15) is 36.1 Å². The van der Waals surface area contributed by atoms with E-state index in [2.05, 4.69) is 58.4 Å². The Morgan fingerprint density at radius 2 is 1.14 bits per heavy atom. The number of benzene rings is 3. The van der Waals surface area contributed by atoms with Crippen LogP contribution in [0.4, 0.5) is 8.78 Å². The summed E-state index contributed by atoms with van der Waals surface area (Å²) in [5.41, 5.74) is 3.05. The van der Waals surface area contributed by atoms with Crippen molar-refractivity contribution in [3.63, 3.8) is 0 Å². The minimum absolute atomic E-state index is 0.0364. The largest absolute Gasteiger partial charge is 0.743 e. The quantitative estimate of drug-likeness (QED) is 0.0256. The molecule has 2 atom stereocenters. The van der Waals surface area contributed by atoms with E-state index in [1.165, 1.54) is 67.6 Å². The Balaban J connectivity index is 0.000000245. The molecule has 5 aliphatic rings. The second-order valence-electron chi connectivity index (χ2n) is 23.2. The zero-order chi connectivity index (χ0) is 57.4. The zero-order valence-corrected chi connectivity index (χ0v) is 50.2. The molecule has 78 heavy (non-hydrogen) atoms. The molecule has 14 heteroatoms. The zero-order valence-electron chi connectivity index (χ0n) is 48.5. The highest BCUT2D eigenvalue weighted by Crippen LogP contribution is 2.61. The molecule has 1 heterocycles. The lowest BCUT2D eigenvalue weighted by Gasteiger charge is -2.60. The Morgan fingerprint density at radius 1 is 0.679 bits per heavy atom. The van der Waals surface area contributed by atoms with Crippen LogP contribution in [-0.4, -0.2) is 77.1 Å². The minimum Gasteiger partial charge on any atom is -0.743 e. The van der Waals surface area contributed by atoms with Crippen LogP contribution >= 0.6 is 0 Å². The fraction of sp³-hybridized carbons (Fsp3) is 0.672. The Kier molecular flexibility index (Phi) is 28.2. The molecule has 4 saturated carbocycles. The van der Waals surface area contributed by atoms with Crippen LogP contribution in [0.1, 0.15) is 224 Å². The van der Waals surface area contributed by atoms with Crippen molar-refractivity contribution >= 4 is 38.7 Å². The first-order chi connectivity index (χ1) is 37.1. The first kappa shape index (κ1) is 66.5. The number of phenols is 1. The van der Waals surface area contributed by atoms with Gasteiger partial charge in [-0.05, 0) is 179 Å². The SMILES string of the molecule is CCC(C)(C)C(=O)OC1(CC)C2CC3CC(C2)CC1C3.CCC(C)c1ccc(O)cc1.CCC(C)c1ccc(OCCCCCCCCCCCCOC(=O)C(F)(F)S(=O)(=O)[O-])cc1.O=C(C[S+]1CCCC1)c1ccccc1. The van der Waals surface area contributed by atoms with Crippen molar-refractivity contribution in [2.24, 2.45) is 29.1 Å². The van der Waals surface area contributed by atoms with Crippen LogP contribution in [0.2, 0.25) is 0 Å². The maximum Gasteiger partial charge on any atom is 0.428 e. The van der Waals surface area contributed by atoms with Gasteiger partial charge in [0.2, 0.25) is 5.78 Å². The molecule has 2 unspecified atom stereocenters. The van der Waals surface area contributed by atoms with Crippen molar-refractivity contribution in [3.05, 3.63) is 95.6 Å². The van der Waals surface area contributed by atoms with E-state index in [1.54, 1.807) is 12.1 Å². The van der Waals surface area contributed by atoms with Crippen molar-refractivity contribution < 1.29 is 55.5 Å². The molecule has 438 valence electrons. The highest BCUT2D eigenvalue weighted by molar-refractivity contribution is 7.97. The number of Topliss-reactive ketones (excluding diaryl/α,β-unsaturated/α-hetero) is 1. The van der Waals surface area contributed by atoms with Gasteiger partial charge in [0.05, 0.1) is 18.6 Å². The minimum atomic E-state index is -6.05. The Hall–Kier alpha value is -4.01. The van der Waals surface area contributed by atoms with E-state index < -0.39 is 21.3 Å². The first-order valence-electron chi connectivity index (χ1n) is 29.6. The van der Waals surface area contributed by atoms with Gasteiger partial charge in [-0.1, -0.05) is 148 Å². The molecule has 1 saturated heterocycles. The summed E-state index contributed by atoms with van der Waals surface area (Å²) in [6.07, 6.45) is 23.0. The number of ketones is 1. The van der Waals surface area contributed by atoms with Gasteiger partial charge >= 0.3 is 17.2 Å². The van der Waals surface area contributed by atoms with Gasteiger partial charge in [0, 0.05) is 5.56 Å². The van der Waals surface area contributed by atoms with E-state index in [0.29, 0.717) is 58.9 Å². The van der Waals surface area contributed by atoms with E-state index in [4.69, 9.17) is 14.6 Å². The topological polar surface area (TPSA) is 156 Å². The number of rotatable bonds is 27. The third-order valence-electron chi connectivity index (χ3n) is 17.1. The van der Waals surface area contributed by atoms with E-state index in [0.717, 1.165) is 113 Å². The number of ether oxygens (including phenoxy) is 3. The van der Waals surface area contributed by atoms with Crippen LogP contribution in [0.25, 0.3) is 0 Å². The predicted octanol–water partition coefficient (Wildman–Crippen LogP) is 15.9. The predicted molar refractivity (Wildman–Crippen MR) is 311 cm³/mol. The summed E-state index contributed by atoms with van der Waals surface area (Å²) in [6.45, 7) is 17.5. The fourth-order valence-electron chi connectivity index (χ4n) is 11.3. The summed E-state index contributed by atoms with van der Waals surface area (Å²) in [5.74, 6) is 6.95. The molecule has 0 spiro atoms. The molecule has 8 rings (SSSR count). The third-order valence-corrected chi connectivity index (χ3v) is 20.3. The number of phenolic OH excluding ortho intramolecular Hbond substituents is 1. The molecule has 3 aromatic rings. The summed E-state index contributed by atoms with van der Waals surface area (Å²) in [4.78, 5) is 35.4. The maximum atomic E-state index is 12.9. The first-order valence-corrected chi connectivity index (χ1v) is 32.7. The lowest BCUT2D eigenvalue weighted by atomic mass is 9.49. The van der Waals surface area contributed by atoms with Crippen molar-refractivity contribution in [3.8, 4) is 11.5 Å². The number of esters is 2. The standard InChI is InChI=1S/C24H38F2O6S.C18H30O2.C12H15OS.C10H14O/c1-3-20(2)21-14-16-22(17-15-21)31-18-12-10-8-6-4-5-7-9-11-13-19-32-23(27)24(25,26)33(28,29)30;1-5-17(3,4)16(19)20-18(6-2)14-8-12-7-13(10-14)11-15(18)9-12;13-12(10-14-8-4-5-9-14)11-6-2-1-3-7-11;1-3-8(2)9-4-6-10(11)7-5-9/h14-17,20H,3-13,18-19H2,1-2H3,(H,28,29,30);12-15H,5-11H2,1-4H3;1-3,6-7H,4-5,8-10H2;4-8,11H,3H2,1-2H3/q;;+1;/p-1. The molecule has 0 amide bonds. The smallest absolute Gasteiger partial charge is 0.428 e. The number of alkyl halides is 2. The molecule has 4 bridgehead atoms. The molecule has 10 nitrogen and oxygen atoms in total. The molecule has 1 aliphatic heterocycles. The second kappa shape index (κ2) is 33.0. The molecule has 3 aromatic carbocycles. The highest BCUT2D eigenvalue weighted by Gasteiger charge is 2.59. The Labute approximate surface area is 471 Å². The summed E-state index contributed by atoms with van der Waals surface area (Å²) < 4.78 is 73.0. The van der Waals surface area contributed by atoms with Gasteiger partial charge in [-0.2, -0.15) is 8.78 Å². The van der Waals surface area contributed by atoms with Crippen molar-refractivity contribution in [1.29, 1.82) is 0 Å². The Bertz CT molecular complexity index is 2290. The molecule has 0 aromatic heterocycles. The summed E-state index contributed by atoms with van der Waals surface area (Å²) in [6, 6.07) is 25.4. The van der Waals surface area contributed by atoms with Crippen LogP contribution in [0.3, 0.4) is 0 Å². The van der Waals surface area contributed by atoms with Crippen molar-refractivity contribution in [2.75, 3.05) is 30.5 Å². The van der Waals surface area contributed by atoms with Gasteiger partial charge in [-0.15, -0.1) is 0 Å². The number of hydrogen-bond acceptors (Lipinski definition) is 10. The van der Waals surface area contributed by atoms with Gasteiger partial charge in [0.1, 0.15) is 28.6 Å². The number of carbonyl (C=O) groups is 3. The van der Waals surface area contributed by atoms with Gasteiger partial charge in [0.15, 0.2) is 15.9 Å². The van der Waals surface area contributed by atoms with E-state index in [1.807, 2.05) is 68.4 Å². The second-order valence-corrected chi connectivity index (χ2v) is 26.9. The normalized spacial score (nSPS) is 21.4. The third kappa shape index (κ3) is 20.8. The van der Waals surface area contributed by atoms with Crippen LogP contribution in [0.5, 0.6) is 11.5 Å². The number of unbranched alkanes of at least 4 members (excludes halogenated alkanes) is 9. The maximum absolute atomic E-state index is 12.9. The number of hydrogen-bond donors (Lipinski definition) is 1. The molecule has 1 N–H and O–H groups in total. The highest BCUT2D eigenvalue weighted by atomic mass is 32.2. The lowest BCUT2D eigenvalue weighted by Crippen LogP contribution is -2.60. The number of halogens is 2. The van der Waals surface area contributed by atoms with Crippen LogP contribution in [0, 0.1) is 29.1 Å². The monoisotopic (exact) mass is 1130 g/mol. The van der Waals surface area contributed by atoms with E-state index in [-0.39, 0.29) is 23.6 Å². The van der Waals surface area contributed by atoms with Gasteiger partial charge < -0.3 is 23.9 Å². The van der Waals surface area contributed by atoms with Gasteiger partial charge in [-0.25, -0.2) is 13.2 Å². The average Bonchev–Trinajstić information content (AvgIpc) is 4.08. The molecule has 4 aliphatic carbocycles. The number of carbonyl (C=O) groups excluding carboxylic acids is 3. The summed E-state index contributed by atoms with van der Waals surface area (Å²) >= 11 is 0. The van der Waals surface area contributed by atoms with Crippen molar-refractivity contribution in [2.45, 2.75) is 213 Å². The fourth-order valence-corrected chi connectivity index (χ4v) is 13.8. The Morgan fingerprint density at radius 3 is 1.59 bits per heavy atom. The van der Waals surface area contributed by atoms with Gasteiger partial charge in [0.25, 0.3) is 0 Å².